The summed E-state index contributed by atoms with van der Waals surface area (Å²) in [5, 5.41) is 9.34. The van der Waals surface area contributed by atoms with Crippen molar-refractivity contribution in [3.63, 3.8) is 0 Å². The van der Waals surface area contributed by atoms with E-state index in [1.165, 1.54) is 0 Å². The van der Waals surface area contributed by atoms with Crippen LogP contribution in [0.2, 0.25) is 0 Å². The van der Waals surface area contributed by atoms with Gasteiger partial charge < -0.3 is 25.4 Å². The lowest BCUT2D eigenvalue weighted by molar-refractivity contribution is 0.0718. The lowest BCUT2D eigenvalue weighted by Crippen LogP contribution is -2.48. The number of hydrogen-bond acceptors (Lipinski definition) is 8. The van der Waals surface area contributed by atoms with E-state index in [0.717, 1.165) is 0 Å². The summed E-state index contributed by atoms with van der Waals surface area (Å²) in [5.74, 6) is 1.15. The third-order valence-electron chi connectivity index (χ3n) is 2.72. The summed E-state index contributed by atoms with van der Waals surface area (Å²) < 4.78 is 5.32. The molecule has 0 amide bonds. The van der Waals surface area contributed by atoms with Crippen molar-refractivity contribution in [2.24, 2.45) is 0 Å². The first-order valence-corrected chi connectivity index (χ1v) is 5.76. The van der Waals surface area contributed by atoms with Crippen molar-refractivity contribution in [2.45, 2.75) is 6.04 Å². The van der Waals surface area contributed by atoms with Crippen LogP contribution >= 0.6 is 0 Å². The molecule has 0 radical (unpaired) electrons. The van der Waals surface area contributed by atoms with Gasteiger partial charge in [-0.1, -0.05) is 0 Å². The fraction of sp³-hybridized carbons (Fsp3) is 0.700. The van der Waals surface area contributed by atoms with Crippen LogP contribution in [-0.2, 0) is 4.74 Å². The zero-order valence-corrected chi connectivity index (χ0v) is 10.6. The SMILES string of the molecule is CN(C)c1nc(N)nc(N2CCOCC2CO)n1. The molecule has 0 saturated carbocycles. The first-order chi connectivity index (χ1) is 8.61. The fourth-order valence-electron chi connectivity index (χ4n) is 1.77. The van der Waals surface area contributed by atoms with Gasteiger partial charge in [-0.15, -0.1) is 0 Å². The number of ether oxygens (including phenoxy) is 1. The maximum Gasteiger partial charge on any atom is 0.232 e. The van der Waals surface area contributed by atoms with E-state index in [1.807, 2.05) is 19.0 Å². The summed E-state index contributed by atoms with van der Waals surface area (Å²) in [6.07, 6.45) is 0. The molecule has 100 valence electrons. The Kier molecular flexibility index (Phi) is 3.78. The van der Waals surface area contributed by atoms with Crippen LogP contribution in [-0.4, -0.2) is 66.6 Å². The number of morpholine rings is 1. The van der Waals surface area contributed by atoms with Gasteiger partial charge in [-0.25, -0.2) is 0 Å². The van der Waals surface area contributed by atoms with Crippen molar-refractivity contribution in [1.29, 1.82) is 0 Å². The van der Waals surface area contributed by atoms with Crippen molar-refractivity contribution >= 4 is 17.8 Å². The lowest BCUT2D eigenvalue weighted by Gasteiger charge is -2.34. The number of hydrogen-bond donors (Lipinski definition) is 2. The Morgan fingerprint density at radius 2 is 2.22 bits per heavy atom. The third kappa shape index (κ3) is 2.59. The molecular weight excluding hydrogens is 236 g/mol. The second kappa shape index (κ2) is 5.32. The highest BCUT2D eigenvalue weighted by atomic mass is 16.5. The largest absolute Gasteiger partial charge is 0.394 e. The van der Waals surface area contributed by atoms with Crippen LogP contribution in [0.3, 0.4) is 0 Å². The summed E-state index contributed by atoms with van der Waals surface area (Å²) in [5.41, 5.74) is 5.68. The molecule has 0 spiro atoms. The van der Waals surface area contributed by atoms with Crippen LogP contribution in [0.1, 0.15) is 0 Å². The third-order valence-corrected chi connectivity index (χ3v) is 2.72. The molecule has 0 aromatic carbocycles. The molecule has 1 fully saturated rings. The molecule has 8 nitrogen and oxygen atoms in total. The monoisotopic (exact) mass is 254 g/mol. The van der Waals surface area contributed by atoms with Crippen molar-refractivity contribution in [3.05, 3.63) is 0 Å². The summed E-state index contributed by atoms with van der Waals surface area (Å²) in [7, 11) is 3.67. The topological polar surface area (TPSA) is 101 Å². The van der Waals surface area contributed by atoms with Gasteiger partial charge >= 0.3 is 0 Å². The van der Waals surface area contributed by atoms with Crippen molar-refractivity contribution in [3.8, 4) is 0 Å². The summed E-state index contributed by atoms with van der Waals surface area (Å²) in [6.45, 7) is 1.66. The molecule has 1 saturated heterocycles. The molecule has 1 aromatic heterocycles. The molecule has 0 bridgehead atoms. The van der Waals surface area contributed by atoms with Gasteiger partial charge in [0.25, 0.3) is 0 Å². The number of anilines is 3. The minimum absolute atomic E-state index is 0.0110. The number of nitrogens with two attached hydrogens (primary N) is 1. The van der Waals surface area contributed by atoms with Crippen LogP contribution in [0.25, 0.3) is 0 Å². The van der Waals surface area contributed by atoms with Crippen LogP contribution < -0.4 is 15.5 Å². The summed E-state index contributed by atoms with van der Waals surface area (Å²) >= 11 is 0. The van der Waals surface area contributed by atoms with E-state index in [4.69, 9.17) is 10.5 Å². The molecule has 1 aliphatic rings. The highest BCUT2D eigenvalue weighted by Crippen LogP contribution is 2.18. The van der Waals surface area contributed by atoms with Gasteiger partial charge in [0, 0.05) is 20.6 Å². The van der Waals surface area contributed by atoms with E-state index < -0.39 is 0 Å². The van der Waals surface area contributed by atoms with Gasteiger partial charge in [0.05, 0.1) is 25.9 Å². The number of rotatable bonds is 3. The molecule has 1 unspecified atom stereocenters. The number of aromatic nitrogens is 3. The van der Waals surface area contributed by atoms with E-state index in [-0.39, 0.29) is 18.6 Å². The fourth-order valence-corrected chi connectivity index (χ4v) is 1.77. The maximum atomic E-state index is 9.34. The molecule has 1 aromatic rings. The van der Waals surface area contributed by atoms with E-state index in [9.17, 15) is 5.11 Å². The molecule has 1 aliphatic heterocycles. The molecule has 2 rings (SSSR count). The highest BCUT2D eigenvalue weighted by molar-refractivity contribution is 5.43. The Bertz CT molecular complexity index is 413. The van der Waals surface area contributed by atoms with E-state index in [1.54, 1.807) is 4.90 Å². The second-order valence-corrected chi connectivity index (χ2v) is 4.29. The van der Waals surface area contributed by atoms with Crippen LogP contribution in [0.4, 0.5) is 17.8 Å². The average Bonchev–Trinajstić information content (AvgIpc) is 2.38. The maximum absolute atomic E-state index is 9.34. The lowest BCUT2D eigenvalue weighted by atomic mass is 10.2. The van der Waals surface area contributed by atoms with Gasteiger partial charge in [0.1, 0.15) is 0 Å². The molecular formula is C10H18N6O2. The standard InChI is InChI=1S/C10H18N6O2/c1-15(2)9-12-8(11)13-10(14-9)16-3-4-18-6-7(16)5-17/h7,17H,3-6H2,1-2H3,(H2,11,12,13,14). The zero-order chi connectivity index (χ0) is 13.1. The normalized spacial score (nSPS) is 19.9. The second-order valence-electron chi connectivity index (χ2n) is 4.29. The van der Waals surface area contributed by atoms with Crippen molar-refractivity contribution < 1.29 is 9.84 Å². The van der Waals surface area contributed by atoms with Gasteiger partial charge in [0.15, 0.2) is 0 Å². The van der Waals surface area contributed by atoms with Crippen molar-refractivity contribution in [1.82, 2.24) is 15.0 Å². The predicted octanol–water partition coefficient (Wildman–Crippen LogP) is -1.28. The predicted molar refractivity (Wildman–Crippen MR) is 67.6 cm³/mol. The Morgan fingerprint density at radius 3 is 2.89 bits per heavy atom. The summed E-state index contributed by atoms with van der Waals surface area (Å²) in [4.78, 5) is 16.2. The van der Waals surface area contributed by atoms with E-state index in [2.05, 4.69) is 15.0 Å². The molecule has 8 heteroatoms. The Hall–Kier alpha value is -1.67. The quantitative estimate of drug-likeness (QED) is 0.687. The highest BCUT2D eigenvalue weighted by Gasteiger charge is 2.25. The number of aliphatic hydroxyl groups is 1. The number of aliphatic hydroxyl groups excluding tert-OH is 1. The Labute approximate surface area is 105 Å². The van der Waals surface area contributed by atoms with Gasteiger partial charge in [0.2, 0.25) is 17.8 Å². The smallest absolute Gasteiger partial charge is 0.232 e. The minimum Gasteiger partial charge on any atom is -0.394 e. The van der Waals surface area contributed by atoms with Gasteiger partial charge in [-0.3, -0.25) is 0 Å². The van der Waals surface area contributed by atoms with E-state index in [0.29, 0.717) is 31.7 Å². The van der Waals surface area contributed by atoms with Crippen molar-refractivity contribution in [2.75, 3.05) is 56.0 Å². The first kappa shape index (κ1) is 12.8. The van der Waals surface area contributed by atoms with Crippen LogP contribution in [0.15, 0.2) is 0 Å². The first-order valence-electron chi connectivity index (χ1n) is 5.76. The minimum atomic E-state index is -0.143. The molecule has 3 N–H and O–H groups in total. The number of nitrogen functional groups attached to an aromatic ring is 1. The molecule has 1 atom stereocenters. The zero-order valence-electron chi connectivity index (χ0n) is 10.6. The van der Waals surface area contributed by atoms with Crippen LogP contribution in [0.5, 0.6) is 0 Å². The molecule has 2 heterocycles. The van der Waals surface area contributed by atoms with Gasteiger partial charge in [-0.05, 0) is 0 Å². The molecule has 18 heavy (non-hydrogen) atoms. The van der Waals surface area contributed by atoms with E-state index >= 15 is 0 Å². The number of nitrogens with zero attached hydrogens (tertiary/aromatic N) is 5. The average molecular weight is 254 g/mol. The molecule has 0 aliphatic carbocycles. The summed E-state index contributed by atoms with van der Waals surface area (Å²) in [6, 6.07) is -0.143. The van der Waals surface area contributed by atoms with Crippen LogP contribution in [0, 0.1) is 0 Å². The van der Waals surface area contributed by atoms with Gasteiger partial charge in [-0.2, -0.15) is 15.0 Å². The Morgan fingerprint density at radius 1 is 1.44 bits per heavy atom. The Balaban J connectivity index is 2.30.